The number of hydrogen-bond acceptors (Lipinski definition) is 2. The van der Waals surface area contributed by atoms with Gasteiger partial charge >= 0.3 is 0 Å². The standard InChI is InChI=1S/C10H10ClN3/c1-6-13-9(10(12)14-6)7-3-2-4-8(11)5-7/h2-5H,12H2,1H3,(H,13,14). The number of aromatic nitrogens is 2. The Morgan fingerprint density at radius 3 is 2.79 bits per heavy atom. The zero-order valence-electron chi connectivity index (χ0n) is 7.71. The summed E-state index contributed by atoms with van der Waals surface area (Å²) in [7, 11) is 0. The molecular formula is C10H10ClN3. The highest BCUT2D eigenvalue weighted by Crippen LogP contribution is 2.25. The number of H-pyrrole nitrogens is 1. The lowest BCUT2D eigenvalue weighted by Crippen LogP contribution is -1.88. The van der Waals surface area contributed by atoms with Gasteiger partial charge in [0.2, 0.25) is 0 Å². The second-order valence-electron chi connectivity index (χ2n) is 3.09. The molecule has 14 heavy (non-hydrogen) atoms. The number of aromatic amines is 1. The Hall–Kier alpha value is -1.48. The zero-order chi connectivity index (χ0) is 10.1. The molecule has 0 radical (unpaired) electrons. The third-order valence-corrected chi connectivity index (χ3v) is 2.20. The van der Waals surface area contributed by atoms with Crippen molar-refractivity contribution in [3.8, 4) is 11.3 Å². The molecule has 0 saturated carbocycles. The van der Waals surface area contributed by atoms with Crippen LogP contribution in [0.1, 0.15) is 5.82 Å². The Balaban J connectivity index is 2.54. The van der Waals surface area contributed by atoms with Crippen LogP contribution in [0.2, 0.25) is 5.02 Å². The predicted octanol–water partition coefficient (Wildman–Crippen LogP) is 2.62. The SMILES string of the molecule is Cc1nc(N)c(-c2cccc(Cl)c2)[nH]1. The molecule has 0 aliphatic heterocycles. The number of nitrogens with one attached hydrogen (secondary N) is 1. The largest absolute Gasteiger partial charge is 0.382 e. The van der Waals surface area contributed by atoms with Gasteiger partial charge in [-0.05, 0) is 19.1 Å². The Morgan fingerprint density at radius 1 is 1.43 bits per heavy atom. The molecule has 3 N–H and O–H groups in total. The Bertz CT molecular complexity index is 462. The van der Waals surface area contributed by atoms with Gasteiger partial charge in [0.1, 0.15) is 11.6 Å². The molecule has 0 aliphatic carbocycles. The van der Waals surface area contributed by atoms with E-state index in [1.807, 2.05) is 31.2 Å². The van der Waals surface area contributed by atoms with Crippen molar-refractivity contribution in [2.75, 3.05) is 5.73 Å². The maximum atomic E-state index is 5.88. The van der Waals surface area contributed by atoms with E-state index in [0.29, 0.717) is 10.8 Å². The molecule has 3 nitrogen and oxygen atoms in total. The number of nitrogens with two attached hydrogens (primary N) is 1. The van der Waals surface area contributed by atoms with Crippen LogP contribution in [0.3, 0.4) is 0 Å². The average Bonchev–Trinajstić information content (AvgIpc) is 2.45. The summed E-state index contributed by atoms with van der Waals surface area (Å²) >= 11 is 5.88. The van der Waals surface area contributed by atoms with Crippen LogP contribution < -0.4 is 5.73 Å². The summed E-state index contributed by atoms with van der Waals surface area (Å²) in [4.78, 5) is 7.19. The van der Waals surface area contributed by atoms with E-state index in [2.05, 4.69) is 9.97 Å². The number of benzene rings is 1. The van der Waals surface area contributed by atoms with Gasteiger partial charge in [0.15, 0.2) is 0 Å². The molecule has 0 saturated heterocycles. The maximum absolute atomic E-state index is 5.88. The van der Waals surface area contributed by atoms with E-state index in [1.54, 1.807) is 0 Å². The molecule has 0 bridgehead atoms. The number of imidazole rings is 1. The molecule has 1 aromatic heterocycles. The van der Waals surface area contributed by atoms with Crippen molar-refractivity contribution in [2.24, 2.45) is 0 Å². The molecule has 0 amide bonds. The maximum Gasteiger partial charge on any atom is 0.149 e. The zero-order valence-corrected chi connectivity index (χ0v) is 8.47. The average molecular weight is 208 g/mol. The van der Waals surface area contributed by atoms with Crippen molar-refractivity contribution in [3.63, 3.8) is 0 Å². The number of rotatable bonds is 1. The van der Waals surface area contributed by atoms with Gasteiger partial charge in [0, 0.05) is 10.6 Å². The van der Waals surface area contributed by atoms with Crippen LogP contribution in [0.25, 0.3) is 11.3 Å². The third-order valence-electron chi connectivity index (χ3n) is 1.96. The highest BCUT2D eigenvalue weighted by Gasteiger charge is 2.06. The van der Waals surface area contributed by atoms with E-state index < -0.39 is 0 Å². The van der Waals surface area contributed by atoms with Crippen molar-refractivity contribution in [3.05, 3.63) is 35.1 Å². The van der Waals surface area contributed by atoms with Gasteiger partial charge in [-0.2, -0.15) is 0 Å². The number of hydrogen-bond donors (Lipinski definition) is 2. The number of nitrogen functional groups attached to an aromatic ring is 1. The number of halogens is 1. The van der Waals surface area contributed by atoms with Crippen molar-refractivity contribution >= 4 is 17.4 Å². The second kappa shape index (κ2) is 3.35. The first-order chi connectivity index (χ1) is 6.66. The van der Waals surface area contributed by atoms with Gasteiger partial charge < -0.3 is 10.7 Å². The smallest absolute Gasteiger partial charge is 0.149 e. The Morgan fingerprint density at radius 2 is 2.21 bits per heavy atom. The number of aryl methyl sites for hydroxylation is 1. The molecule has 4 heteroatoms. The molecular weight excluding hydrogens is 198 g/mol. The summed E-state index contributed by atoms with van der Waals surface area (Å²) in [5.74, 6) is 1.31. The molecule has 0 fully saturated rings. The summed E-state index contributed by atoms with van der Waals surface area (Å²) in [6.07, 6.45) is 0. The van der Waals surface area contributed by atoms with Gasteiger partial charge in [0.05, 0.1) is 5.69 Å². The van der Waals surface area contributed by atoms with Crippen LogP contribution in [0.4, 0.5) is 5.82 Å². The molecule has 0 unspecified atom stereocenters. The molecule has 2 rings (SSSR count). The van der Waals surface area contributed by atoms with E-state index in [4.69, 9.17) is 17.3 Å². The van der Waals surface area contributed by atoms with E-state index in [1.165, 1.54) is 0 Å². The molecule has 0 aliphatic rings. The summed E-state index contributed by atoms with van der Waals surface area (Å²) in [6.45, 7) is 1.87. The Labute approximate surface area is 86.9 Å². The fraction of sp³-hybridized carbons (Fsp3) is 0.100. The van der Waals surface area contributed by atoms with Crippen molar-refractivity contribution in [2.45, 2.75) is 6.92 Å². The minimum Gasteiger partial charge on any atom is -0.382 e. The minimum absolute atomic E-state index is 0.504. The van der Waals surface area contributed by atoms with E-state index in [0.717, 1.165) is 17.1 Å². The molecule has 0 spiro atoms. The van der Waals surface area contributed by atoms with Crippen molar-refractivity contribution < 1.29 is 0 Å². The lowest BCUT2D eigenvalue weighted by Gasteiger charge is -1.99. The minimum atomic E-state index is 0.504. The van der Waals surface area contributed by atoms with Crippen LogP contribution in [-0.2, 0) is 0 Å². The normalized spacial score (nSPS) is 10.4. The van der Waals surface area contributed by atoms with Gasteiger partial charge in [-0.1, -0.05) is 23.7 Å². The topological polar surface area (TPSA) is 54.7 Å². The third kappa shape index (κ3) is 1.59. The molecule has 1 heterocycles. The van der Waals surface area contributed by atoms with E-state index in [9.17, 15) is 0 Å². The van der Waals surface area contributed by atoms with Crippen molar-refractivity contribution in [1.29, 1.82) is 0 Å². The Kier molecular flexibility index (Phi) is 2.17. The summed E-state index contributed by atoms with van der Waals surface area (Å²) in [5, 5.41) is 0.689. The molecule has 0 atom stereocenters. The summed E-state index contributed by atoms with van der Waals surface area (Å²) < 4.78 is 0. The first-order valence-corrected chi connectivity index (χ1v) is 4.62. The lowest BCUT2D eigenvalue weighted by molar-refractivity contribution is 1.15. The van der Waals surface area contributed by atoms with Gasteiger partial charge in [-0.3, -0.25) is 0 Å². The fourth-order valence-electron chi connectivity index (χ4n) is 1.37. The van der Waals surface area contributed by atoms with E-state index in [-0.39, 0.29) is 0 Å². The molecule has 72 valence electrons. The number of nitrogens with zero attached hydrogens (tertiary/aromatic N) is 1. The predicted molar refractivity (Wildman–Crippen MR) is 58.2 cm³/mol. The van der Waals surface area contributed by atoms with Crippen LogP contribution in [-0.4, -0.2) is 9.97 Å². The second-order valence-corrected chi connectivity index (χ2v) is 3.53. The summed E-state index contributed by atoms with van der Waals surface area (Å²) in [6, 6.07) is 7.50. The number of anilines is 1. The van der Waals surface area contributed by atoms with Crippen LogP contribution in [0.15, 0.2) is 24.3 Å². The van der Waals surface area contributed by atoms with Crippen LogP contribution in [0, 0.1) is 6.92 Å². The first kappa shape index (κ1) is 9.09. The quantitative estimate of drug-likeness (QED) is 0.755. The van der Waals surface area contributed by atoms with Gasteiger partial charge in [-0.15, -0.1) is 0 Å². The van der Waals surface area contributed by atoms with Crippen LogP contribution >= 0.6 is 11.6 Å². The highest BCUT2D eigenvalue weighted by molar-refractivity contribution is 6.30. The molecule has 1 aromatic carbocycles. The van der Waals surface area contributed by atoms with Crippen molar-refractivity contribution in [1.82, 2.24) is 9.97 Å². The lowest BCUT2D eigenvalue weighted by atomic mass is 10.1. The van der Waals surface area contributed by atoms with Gasteiger partial charge in [0.25, 0.3) is 0 Å². The summed E-state index contributed by atoms with van der Waals surface area (Å²) in [5.41, 5.74) is 7.52. The monoisotopic (exact) mass is 207 g/mol. The highest BCUT2D eigenvalue weighted by atomic mass is 35.5. The first-order valence-electron chi connectivity index (χ1n) is 4.25. The molecule has 2 aromatic rings. The fourth-order valence-corrected chi connectivity index (χ4v) is 1.56. The van der Waals surface area contributed by atoms with Gasteiger partial charge in [-0.25, -0.2) is 4.98 Å². The van der Waals surface area contributed by atoms with Crippen LogP contribution in [0.5, 0.6) is 0 Å². The van der Waals surface area contributed by atoms with E-state index >= 15 is 0 Å².